The van der Waals surface area contributed by atoms with Crippen molar-refractivity contribution in [2.75, 3.05) is 6.54 Å². The number of fused-ring (bicyclic) bond motifs is 5. The van der Waals surface area contributed by atoms with Gasteiger partial charge in [-0.15, -0.1) is 0 Å². The number of hydrogen-bond acceptors (Lipinski definition) is 3. The van der Waals surface area contributed by atoms with E-state index in [1.165, 1.54) is 64.3 Å². The van der Waals surface area contributed by atoms with E-state index in [0.29, 0.717) is 34.3 Å². The second-order valence-electron chi connectivity index (χ2n) is 14.2. The van der Waals surface area contributed by atoms with Crippen LogP contribution in [0.1, 0.15) is 91.9 Å². The number of hydrogen-bond donors (Lipinski definition) is 2. The summed E-state index contributed by atoms with van der Waals surface area (Å²) in [6.07, 6.45) is 15.4. The van der Waals surface area contributed by atoms with Gasteiger partial charge in [0.25, 0.3) is 0 Å². The van der Waals surface area contributed by atoms with Gasteiger partial charge in [0, 0.05) is 12.0 Å². The summed E-state index contributed by atoms with van der Waals surface area (Å²) in [5.74, 6) is 4.05. The topological polar surface area (TPSA) is 41.5 Å². The summed E-state index contributed by atoms with van der Waals surface area (Å²) in [4.78, 5) is 0. The molecule has 3 nitrogen and oxygen atoms in total. The summed E-state index contributed by atoms with van der Waals surface area (Å²) in [7, 11) is 0. The number of rotatable bonds is 0. The average Bonchev–Trinajstić information content (AvgIpc) is 3.06. The largest absolute Gasteiger partial charge is 0.389 e. The van der Waals surface area contributed by atoms with E-state index in [0.717, 1.165) is 30.1 Å². The molecular weight excluding hydrogens is 394 g/mol. The van der Waals surface area contributed by atoms with Crippen molar-refractivity contribution < 1.29 is 9.84 Å². The second kappa shape index (κ2) is 6.43. The van der Waals surface area contributed by atoms with Crippen LogP contribution in [0.2, 0.25) is 0 Å². The third-order valence-corrected chi connectivity index (χ3v) is 12.8. The van der Waals surface area contributed by atoms with Crippen LogP contribution in [-0.2, 0) is 4.74 Å². The van der Waals surface area contributed by atoms with E-state index in [1.54, 1.807) is 5.57 Å². The summed E-state index contributed by atoms with van der Waals surface area (Å²) < 4.78 is 7.13. The number of ether oxygens (including phenoxy) is 1. The fourth-order valence-corrected chi connectivity index (χ4v) is 11.1. The predicted molar refractivity (Wildman–Crippen MR) is 127 cm³/mol. The number of piperidine rings is 1. The van der Waals surface area contributed by atoms with Gasteiger partial charge in [0.05, 0.1) is 17.8 Å². The molecule has 2 spiro atoms. The number of aliphatic hydroxyl groups is 1. The first kappa shape index (κ1) is 20.9. The highest BCUT2D eigenvalue weighted by atomic mass is 16.5. The average molecular weight is 440 g/mol. The zero-order chi connectivity index (χ0) is 22.1. The minimum atomic E-state index is -0.188. The zero-order valence-corrected chi connectivity index (χ0v) is 20.8. The summed E-state index contributed by atoms with van der Waals surface area (Å²) in [5.41, 5.74) is 3.14. The van der Waals surface area contributed by atoms with Crippen LogP contribution in [0.15, 0.2) is 11.6 Å². The summed E-state index contributed by atoms with van der Waals surface area (Å²) in [6, 6.07) is 0.574. The SMILES string of the molecule is C[C@@H]1CN[C@H]2[C@@H](C)[C@@]3(CC[C@H]4C5CCC6=C[C@@H](O)CC[C@]6(C)[C@H]5CC45CC5(C)C3)O[C@@H]2C1. The Morgan fingerprint density at radius 3 is 2.75 bits per heavy atom. The molecule has 0 aromatic rings. The molecule has 0 radical (unpaired) electrons. The Labute approximate surface area is 195 Å². The lowest BCUT2D eigenvalue weighted by Crippen LogP contribution is -2.49. The summed E-state index contributed by atoms with van der Waals surface area (Å²) in [5, 5.41) is 14.2. The molecule has 2 heterocycles. The lowest BCUT2D eigenvalue weighted by molar-refractivity contribution is -0.0856. The van der Waals surface area contributed by atoms with E-state index in [-0.39, 0.29) is 11.7 Å². The molecule has 7 aliphatic rings. The molecule has 2 saturated heterocycles. The molecule has 5 aliphatic carbocycles. The van der Waals surface area contributed by atoms with Crippen LogP contribution in [0.3, 0.4) is 0 Å². The summed E-state index contributed by atoms with van der Waals surface area (Å²) >= 11 is 0. The van der Waals surface area contributed by atoms with Crippen LogP contribution >= 0.6 is 0 Å². The Hall–Kier alpha value is -0.380. The molecule has 7 rings (SSSR count). The van der Waals surface area contributed by atoms with Crippen LogP contribution in [0.25, 0.3) is 0 Å². The van der Waals surface area contributed by atoms with Crippen LogP contribution in [0.4, 0.5) is 0 Å². The molecule has 0 bridgehead atoms. The monoisotopic (exact) mass is 439 g/mol. The van der Waals surface area contributed by atoms with Gasteiger partial charge in [0.2, 0.25) is 0 Å². The molecule has 178 valence electrons. The van der Waals surface area contributed by atoms with Gasteiger partial charge < -0.3 is 15.2 Å². The molecule has 0 aromatic heterocycles. The van der Waals surface area contributed by atoms with E-state index in [2.05, 4.69) is 39.1 Å². The lowest BCUT2D eigenvalue weighted by Gasteiger charge is -2.49. The first-order chi connectivity index (χ1) is 15.2. The minimum Gasteiger partial charge on any atom is -0.389 e. The highest BCUT2D eigenvalue weighted by Gasteiger charge is 2.77. The standard InChI is InChI=1S/C29H45NO2/c1-17-11-24-25(30-14-17)18(2)29(32-24)10-8-22-21-6-5-19-12-20(31)7-9-27(19,4)23(21)13-28(22)15-26(28,3)16-29/h12,17-18,20-25,30-31H,5-11,13-16H2,1-4H3/t17-,18+,20-,21?,22-,23-,24+,25-,26?,27-,28?,29-/m0/s1. The highest BCUT2D eigenvalue weighted by molar-refractivity contribution is 5.31. The third-order valence-electron chi connectivity index (χ3n) is 12.8. The number of nitrogens with one attached hydrogen (secondary N) is 1. The van der Waals surface area contributed by atoms with Gasteiger partial charge in [-0.2, -0.15) is 0 Å². The van der Waals surface area contributed by atoms with Crippen LogP contribution in [-0.4, -0.2) is 35.5 Å². The molecule has 12 atom stereocenters. The molecule has 32 heavy (non-hydrogen) atoms. The fourth-order valence-electron chi connectivity index (χ4n) is 11.1. The fraction of sp³-hybridized carbons (Fsp3) is 0.931. The molecule has 3 heteroatoms. The van der Waals surface area contributed by atoms with E-state index in [1.807, 2.05) is 0 Å². The minimum absolute atomic E-state index is 0.114. The van der Waals surface area contributed by atoms with Gasteiger partial charge in [-0.3, -0.25) is 0 Å². The van der Waals surface area contributed by atoms with Crippen LogP contribution in [0, 0.1) is 45.8 Å². The molecular formula is C29H45NO2. The normalized spacial score (nSPS) is 62.8. The lowest BCUT2D eigenvalue weighted by atomic mass is 9.56. The van der Waals surface area contributed by atoms with E-state index < -0.39 is 0 Å². The quantitative estimate of drug-likeness (QED) is 0.492. The van der Waals surface area contributed by atoms with E-state index >= 15 is 0 Å². The molecule has 6 fully saturated rings. The number of allylic oxidation sites excluding steroid dienone is 1. The van der Waals surface area contributed by atoms with E-state index in [9.17, 15) is 5.11 Å². The Bertz CT molecular complexity index is 854. The highest BCUT2D eigenvalue weighted by Crippen LogP contribution is 2.83. The molecule has 3 unspecified atom stereocenters. The molecule has 0 amide bonds. The van der Waals surface area contributed by atoms with Crippen molar-refractivity contribution in [1.82, 2.24) is 5.32 Å². The van der Waals surface area contributed by atoms with Crippen molar-refractivity contribution in [3.05, 3.63) is 11.6 Å². The van der Waals surface area contributed by atoms with Gasteiger partial charge >= 0.3 is 0 Å². The Morgan fingerprint density at radius 2 is 1.91 bits per heavy atom. The van der Waals surface area contributed by atoms with Gasteiger partial charge in [-0.1, -0.05) is 39.3 Å². The van der Waals surface area contributed by atoms with E-state index in [4.69, 9.17) is 4.74 Å². The first-order valence-corrected chi connectivity index (χ1v) is 14.0. The van der Waals surface area contributed by atoms with Gasteiger partial charge in [-0.05, 0) is 111 Å². The van der Waals surface area contributed by atoms with Crippen molar-refractivity contribution in [2.45, 2.75) is 116 Å². The van der Waals surface area contributed by atoms with Crippen molar-refractivity contribution in [3.8, 4) is 0 Å². The smallest absolute Gasteiger partial charge is 0.0742 e. The van der Waals surface area contributed by atoms with Gasteiger partial charge in [0.1, 0.15) is 0 Å². The van der Waals surface area contributed by atoms with Crippen LogP contribution in [0.5, 0.6) is 0 Å². The van der Waals surface area contributed by atoms with Crippen LogP contribution < -0.4 is 5.32 Å². The first-order valence-electron chi connectivity index (χ1n) is 14.0. The van der Waals surface area contributed by atoms with Gasteiger partial charge in [0.15, 0.2) is 0 Å². The van der Waals surface area contributed by atoms with Crippen molar-refractivity contribution >= 4 is 0 Å². The Kier molecular flexibility index (Phi) is 4.21. The molecule has 2 aliphatic heterocycles. The second-order valence-corrected chi connectivity index (χ2v) is 14.2. The Balaban J connectivity index is 1.20. The Morgan fingerprint density at radius 1 is 1.06 bits per heavy atom. The molecule has 2 N–H and O–H groups in total. The maximum absolute atomic E-state index is 10.3. The maximum atomic E-state index is 10.3. The van der Waals surface area contributed by atoms with Crippen molar-refractivity contribution in [1.29, 1.82) is 0 Å². The zero-order valence-electron chi connectivity index (χ0n) is 20.8. The summed E-state index contributed by atoms with van der Waals surface area (Å²) in [6.45, 7) is 11.3. The maximum Gasteiger partial charge on any atom is 0.0742 e. The molecule has 0 aromatic carbocycles. The predicted octanol–water partition coefficient (Wildman–Crippen LogP) is 5.47. The van der Waals surface area contributed by atoms with Gasteiger partial charge in [-0.25, -0.2) is 0 Å². The molecule has 4 saturated carbocycles. The van der Waals surface area contributed by atoms with Crippen molar-refractivity contribution in [3.63, 3.8) is 0 Å². The number of aliphatic hydroxyl groups excluding tert-OH is 1. The van der Waals surface area contributed by atoms with Crippen molar-refractivity contribution in [2.24, 2.45) is 45.8 Å². The third kappa shape index (κ3) is 2.49.